The fourth-order valence-electron chi connectivity index (χ4n) is 4.76. The van der Waals surface area contributed by atoms with E-state index < -0.39 is 20.5 Å². The van der Waals surface area contributed by atoms with E-state index in [4.69, 9.17) is 0 Å². The molecule has 1 saturated heterocycles. The molecule has 0 radical (unpaired) electrons. The number of carbonyl (C=O) groups is 2. The number of anilines is 1. The molecule has 1 heterocycles. The largest absolute Gasteiger partial charge is 0.339 e. The van der Waals surface area contributed by atoms with Crippen molar-refractivity contribution >= 4 is 27.3 Å². The molecule has 1 aliphatic heterocycles. The summed E-state index contributed by atoms with van der Waals surface area (Å²) in [6.07, 6.45) is 2.86. The van der Waals surface area contributed by atoms with Crippen LogP contribution in [-0.4, -0.2) is 44.5 Å². The van der Waals surface area contributed by atoms with Gasteiger partial charge < -0.3 is 10.2 Å². The quantitative estimate of drug-likeness (QED) is 0.452. The maximum absolute atomic E-state index is 14.2. The van der Waals surface area contributed by atoms with Gasteiger partial charge in [0.15, 0.2) is 9.84 Å². The van der Waals surface area contributed by atoms with Gasteiger partial charge in [-0.2, -0.15) is 0 Å². The number of rotatable bonds is 7. The average Bonchev–Trinajstić information content (AvgIpc) is 2.88. The third-order valence-electron chi connectivity index (χ3n) is 6.89. The molecule has 0 spiro atoms. The zero-order chi connectivity index (χ0) is 26.6. The molecule has 0 aliphatic carbocycles. The number of likely N-dealkylation sites (tertiary alicyclic amines) is 1. The normalized spacial score (nSPS) is 15.3. The van der Waals surface area contributed by atoms with Crippen LogP contribution in [0.15, 0.2) is 77.7 Å². The third-order valence-corrected chi connectivity index (χ3v) is 8.02. The summed E-state index contributed by atoms with van der Waals surface area (Å²) in [4.78, 5) is 26.6. The summed E-state index contributed by atoms with van der Waals surface area (Å²) in [6.45, 7) is 3.08. The van der Waals surface area contributed by atoms with Crippen molar-refractivity contribution < 1.29 is 22.4 Å². The minimum atomic E-state index is -3.69. The minimum absolute atomic E-state index is 0.0306. The van der Waals surface area contributed by atoms with E-state index in [0.29, 0.717) is 19.5 Å². The van der Waals surface area contributed by atoms with Gasteiger partial charge in [0.25, 0.3) is 5.91 Å². The topological polar surface area (TPSA) is 83.6 Å². The van der Waals surface area contributed by atoms with Crippen molar-refractivity contribution in [3.63, 3.8) is 0 Å². The van der Waals surface area contributed by atoms with E-state index in [-0.39, 0.29) is 29.2 Å². The lowest BCUT2D eigenvalue weighted by Gasteiger charge is -2.32. The average molecular weight is 523 g/mol. The third kappa shape index (κ3) is 6.63. The van der Waals surface area contributed by atoms with E-state index in [2.05, 4.69) is 5.32 Å². The van der Waals surface area contributed by atoms with Crippen molar-refractivity contribution in [1.82, 2.24) is 4.90 Å². The number of carbonyl (C=O) groups excluding carboxylic acids is 2. The molecule has 1 aliphatic rings. The molecule has 194 valence electrons. The molecule has 6 nitrogen and oxygen atoms in total. The van der Waals surface area contributed by atoms with E-state index in [0.717, 1.165) is 48.0 Å². The Bertz CT molecular complexity index is 1370. The van der Waals surface area contributed by atoms with E-state index in [1.54, 1.807) is 4.90 Å². The lowest BCUT2D eigenvalue weighted by Crippen LogP contribution is -2.38. The molecule has 1 unspecified atom stereocenters. The minimum Gasteiger partial charge on any atom is -0.339 e. The highest BCUT2D eigenvalue weighted by Gasteiger charge is 2.26. The number of nitrogens with zero attached hydrogens (tertiary/aromatic N) is 1. The molecule has 0 aromatic heterocycles. The first-order chi connectivity index (χ1) is 17.6. The monoisotopic (exact) mass is 522 g/mol. The first-order valence-corrected chi connectivity index (χ1v) is 14.2. The number of piperidine rings is 1. The van der Waals surface area contributed by atoms with Crippen LogP contribution in [0.5, 0.6) is 0 Å². The van der Waals surface area contributed by atoms with Gasteiger partial charge >= 0.3 is 0 Å². The molecule has 3 aromatic rings. The molecule has 3 aromatic carbocycles. The Balaban J connectivity index is 1.30. The molecule has 0 saturated carbocycles. The number of halogens is 1. The van der Waals surface area contributed by atoms with E-state index in [1.165, 1.54) is 6.07 Å². The maximum atomic E-state index is 14.2. The summed E-state index contributed by atoms with van der Waals surface area (Å²) < 4.78 is 37.5. The second kappa shape index (κ2) is 11.3. The first-order valence-electron chi connectivity index (χ1n) is 12.4. The Morgan fingerprint density at radius 3 is 2.24 bits per heavy atom. The molecule has 1 fully saturated rings. The fraction of sp³-hybridized carbons (Fsp3) is 0.310. The van der Waals surface area contributed by atoms with Gasteiger partial charge in [0, 0.05) is 37.0 Å². The van der Waals surface area contributed by atoms with Gasteiger partial charge in [0.2, 0.25) is 5.91 Å². The Hall–Kier alpha value is -3.52. The Morgan fingerprint density at radius 1 is 1.00 bits per heavy atom. The van der Waals surface area contributed by atoms with E-state index >= 15 is 0 Å². The van der Waals surface area contributed by atoms with Gasteiger partial charge in [-0.25, -0.2) is 12.8 Å². The zero-order valence-electron chi connectivity index (χ0n) is 21.0. The standard InChI is InChI=1S/C29H31FN2O4S/c1-20(21-6-4-3-5-7-21)18-28(33)31-25-11-8-22(9-12-25)23-14-16-32(17-15-23)29(34)24-10-13-27(26(30)19-24)37(2,35)36/h3-13,19-20,23H,14-18H2,1-2H3,(H,31,33). The van der Waals surface area contributed by atoms with Crippen LogP contribution in [0.3, 0.4) is 0 Å². The SMILES string of the molecule is CC(CC(=O)Nc1ccc(C2CCN(C(=O)c3ccc(S(C)(=O)=O)c(F)c3)CC2)cc1)c1ccccc1. The van der Waals surface area contributed by atoms with Crippen molar-refractivity contribution in [3.8, 4) is 0 Å². The van der Waals surface area contributed by atoms with Crippen molar-refractivity contribution in [2.24, 2.45) is 0 Å². The molecule has 1 N–H and O–H groups in total. The Morgan fingerprint density at radius 2 is 1.65 bits per heavy atom. The van der Waals surface area contributed by atoms with Crippen molar-refractivity contribution in [1.29, 1.82) is 0 Å². The zero-order valence-corrected chi connectivity index (χ0v) is 21.8. The van der Waals surface area contributed by atoms with Gasteiger partial charge in [-0.05, 0) is 66.1 Å². The summed E-state index contributed by atoms with van der Waals surface area (Å²) in [5.41, 5.74) is 3.17. The highest BCUT2D eigenvalue weighted by atomic mass is 32.2. The molecular formula is C29H31FN2O4S. The smallest absolute Gasteiger partial charge is 0.253 e. The van der Waals surface area contributed by atoms with Crippen LogP contribution in [0.4, 0.5) is 10.1 Å². The molecule has 0 bridgehead atoms. The van der Waals surface area contributed by atoms with Crippen LogP contribution in [0.1, 0.15) is 59.5 Å². The fourth-order valence-corrected chi connectivity index (χ4v) is 5.49. The predicted molar refractivity (Wildman–Crippen MR) is 142 cm³/mol. The Kier molecular flexibility index (Phi) is 8.07. The van der Waals surface area contributed by atoms with Crippen LogP contribution < -0.4 is 5.32 Å². The number of hydrogen-bond donors (Lipinski definition) is 1. The summed E-state index contributed by atoms with van der Waals surface area (Å²) in [5.74, 6) is -0.846. The van der Waals surface area contributed by atoms with E-state index in [9.17, 15) is 22.4 Å². The van der Waals surface area contributed by atoms with Crippen molar-refractivity contribution in [3.05, 3.63) is 95.3 Å². The Labute approximate surface area is 217 Å². The van der Waals surface area contributed by atoms with Crippen LogP contribution in [0.2, 0.25) is 0 Å². The second-order valence-electron chi connectivity index (χ2n) is 9.67. The lowest BCUT2D eigenvalue weighted by molar-refractivity contribution is -0.116. The molecule has 37 heavy (non-hydrogen) atoms. The second-order valence-corrected chi connectivity index (χ2v) is 11.7. The van der Waals surface area contributed by atoms with Gasteiger partial charge in [-0.1, -0.05) is 49.4 Å². The van der Waals surface area contributed by atoms with Gasteiger partial charge in [0.05, 0.1) is 0 Å². The van der Waals surface area contributed by atoms with Gasteiger partial charge in [0.1, 0.15) is 10.7 Å². The van der Waals surface area contributed by atoms with Gasteiger partial charge in [-0.15, -0.1) is 0 Å². The molecular weight excluding hydrogens is 491 g/mol. The highest BCUT2D eigenvalue weighted by Crippen LogP contribution is 2.30. The summed E-state index contributed by atoms with van der Waals surface area (Å²) >= 11 is 0. The van der Waals surface area contributed by atoms with E-state index in [1.807, 2.05) is 61.5 Å². The number of nitrogens with one attached hydrogen (secondary N) is 1. The summed E-state index contributed by atoms with van der Waals surface area (Å²) in [7, 11) is -3.69. The van der Waals surface area contributed by atoms with Crippen molar-refractivity contribution in [2.45, 2.75) is 42.9 Å². The van der Waals surface area contributed by atoms with Crippen LogP contribution in [-0.2, 0) is 14.6 Å². The van der Waals surface area contributed by atoms with Crippen LogP contribution >= 0.6 is 0 Å². The van der Waals surface area contributed by atoms with Gasteiger partial charge in [-0.3, -0.25) is 9.59 Å². The lowest BCUT2D eigenvalue weighted by atomic mass is 9.89. The number of amides is 2. The van der Waals surface area contributed by atoms with Crippen LogP contribution in [0.25, 0.3) is 0 Å². The number of sulfone groups is 1. The first kappa shape index (κ1) is 26.5. The number of hydrogen-bond acceptors (Lipinski definition) is 4. The molecule has 8 heteroatoms. The number of benzene rings is 3. The molecule has 4 rings (SSSR count). The predicted octanol–water partition coefficient (Wildman–Crippen LogP) is 5.38. The summed E-state index contributed by atoms with van der Waals surface area (Å²) in [6, 6.07) is 21.3. The maximum Gasteiger partial charge on any atom is 0.253 e. The summed E-state index contributed by atoms with van der Waals surface area (Å²) in [5, 5.41) is 2.97. The van der Waals surface area contributed by atoms with Crippen molar-refractivity contribution in [2.75, 3.05) is 24.7 Å². The van der Waals surface area contributed by atoms with Crippen LogP contribution in [0, 0.1) is 5.82 Å². The molecule has 1 atom stereocenters. The highest BCUT2D eigenvalue weighted by molar-refractivity contribution is 7.90. The molecule has 2 amide bonds.